The molecule has 0 amide bonds. The predicted molar refractivity (Wildman–Crippen MR) is 74.8 cm³/mol. The fourth-order valence-electron chi connectivity index (χ4n) is 1.79. The van der Waals surface area contributed by atoms with Crippen LogP contribution in [-0.4, -0.2) is 32.8 Å². The van der Waals surface area contributed by atoms with E-state index in [1.807, 2.05) is 26.0 Å². The molecule has 114 valence electrons. The second-order valence-corrected chi connectivity index (χ2v) is 4.15. The summed E-state index contributed by atoms with van der Waals surface area (Å²) in [5.74, 6) is 0.753. The summed E-state index contributed by atoms with van der Waals surface area (Å²) in [5.41, 5.74) is 0.326. The molecule has 1 aromatic carbocycles. The van der Waals surface area contributed by atoms with Crippen LogP contribution in [0, 0.1) is 0 Å². The van der Waals surface area contributed by atoms with E-state index in [-0.39, 0.29) is 0 Å². The molecule has 0 aromatic heterocycles. The quantitative estimate of drug-likeness (QED) is 0.593. The molecule has 0 radical (unpaired) electrons. The van der Waals surface area contributed by atoms with Gasteiger partial charge in [-0.25, -0.2) is 4.79 Å². The van der Waals surface area contributed by atoms with E-state index in [9.17, 15) is 4.79 Å². The van der Waals surface area contributed by atoms with Crippen LogP contribution in [0.2, 0.25) is 0 Å². The Hall–Kier alpha value is -2.21. The van der Waals surface area contributed by atoms with Gasteiger partial charge < -0.3 is 23.7 Å². The van der Waals surface area contributed by atoms with Crippen LogP contribution in [0.1, 0.15) is 24.2 Å². The summed E-state index contributed by atoms with van der Waals surface area (Å²) >= 11 is 0. The Kier molecular flexibility index (Phi) is 5.05. The van der Waals surface area contributed by atoms with Crippen molar-refractivity contribution in [3.05, 3.63) is 29.8 Å². The van der Waals surface area contributed by atoms with Crippen molar-refractivity contribution in [1.29, 1.82) is 0 Å². The molecule has 0 bridgehead atoms. The summed E-state index contributed by atoms with van der Waals surface area (Å²) in [5, 5.41) is 0. The molecule has 1 aromatic rings. The summed E-state index contributed by atoms with van der Waals surface area (Å²) in [4.78, 5) is 11.7. The fourth-order valence-corrected chi connectivity index (χ4v) is 1.79. The lowest BCUT2D eigenvalue weighted by atomic mass is 10.2. The minimum Gasteiger partial charge on any atom is -0.485 e. The molecule has 1 aliphatic rings. The molecule has 6 nitrogen and oxygen atoms in total. The highest BCUT2D eigenvalue weighted by Crippen LogP contribution is 2.44. The Morgan fingerprint density at radius 1 is 1.38 bits per heavy atom. The fraction of sp³-hybridized carbons (Fsp3) is 0.400. The van der Waals surface area contributed by atoms with Crippen LogP contribution < -0.4 is 14.2 Å². The lowest BCUT2D eigenvalue weighted by Gasteiger charge is -2.10. The van der Waals surface area contributed by atoms with Gasteiger partial charge in [0, 0.05) is 0 Å². The minimum atomic E-state index is -0.832. The van der Waals surface area contributed by atoms with Gasteiger partial charge in [-0.2, -0.15) is 0 Å². The highest BCUT2D eigenvalue weighted by Gasteiger charge is 2.30. The average Bonchev–Trinajstić information content (AvgIpc) is 2.89. The molecule has 21 heavy (non-hydrogen) atoms. The van der Waals surface area contributed by atoms with Crippen molar-refractivity contribution < 1.29 is 28.5 Å². The Bertz CT molecular complexity index is 537. The van der Waals surface area contributed by atoms with E-state index in [4.69, 9.17) is 23.7 Å². The molecule has 1 atom stereocenters. The van der Waals surface area contributed by atoms with E-state index in [0.717, 1.165) is 0 Å². The number of ether oxygens (including phenoxy) is 5. The van der Waals surface area contributed by atoms with E-state index in [1.165, 1.54) is 7.11 Å². The number of benzene rings is 1. The molecule has 0 fully saturated rings. The third-order valence-electron chi connectivity index (χ3n) is 2.75. The maximum Gasteiger partial charge on any atom is 0.361 e. The van der Waals surface area contributed by atoms with Crippen LogP contribution in [0.25, 0.3) is 0 Å². The van der Waals surface area contributed by atoms with E-state index in [2.05, 4.69) is 0 Å². The summed E-state index contributed by atoms with van der Waals surface area (Å²) in [6.45, 7) is 3.69. The molecule has 0 saturated carbocycles. The molecule has 0 N–H and O–H groups in total. The second-order valence-electron chi connectivity index (χ2n) is 4.15. The smallest absolute Gasteiger partial charge is 0.361 e. The zero-order valence-electron chi connectivity index (χ0n) is 12.3. The van der Waals surface area contributed by atoms with Crippen molar-refractivity contribution in [3.63, 3.8) is 0 Å². The van der Waals surface area contributed by atoms with Gasteiger partial charge in [-0.1, -0.05) is 12.2 Å². The first-order valence-corrected chi connectivity index (χ1v) is 6.64. The number of rotatable bonds is 6. The number of methoxy groups -OCH3 is 1. The van der Waals surface area contributed by atoms with Crippen LogP contribution in [0.3, 0.4) is 0 Å². The normalized spacial score (nSPS) is 16.2. The van der Waals surface area contributed by atoms with E-state index >= 15 is 0 Å². The minimum absolute atomic E-state index is 0.326. The lowest BCUT2D eigenvalue weighted by molar-refractivity contribution is -0.173. The number of esters is 1. The molecular formula is C15H18O6. The summed E-state index contributed by atoms with van der Waals surface area (Å²) in [7, 11) is 1.32. The van der Waals surface area contributed by atoms with E-state index in [0.29, 0.717) is 36.0 Å². The first-order chi connectivity index (χ1) is 10.2. The van der Waals surface area contributed by atoms with Crippen LogP contribution in [0.5, 0.6) is 17.2 Å². The molecule has 2 rings (SSSR count). The van der Waals surface area contributed by atoms with Gasteiger partial charge in [0.25, 0.3) is 0 Å². The summed E-state index contributed by atoms with van der Waals surface area (Å²) < 4.78 is 26.6. The number of hydrogen-bond acceptors (Lipinski definition) is 6. The number of allylic oxidation sites excluding steroid dienone is 1. The molecule has 0 aliphatic carbocycles. The second kappa shape index (κ2) is 6.99. The maximum atomic E-state index is 11.7. The Morgan fingerprint density at radius 3 is 2.86 bits per heavy atom. The summed E-state index contributed by atoms with van der Waals surface area (Å²) in [6.07, 6.45) is 3.71. The van der Waals surface area contributed by atoms with Crippen molar-refractivity contribution in [2.24, 2.45) is 0 Å². The Labute approximate surface area is 123 Å². The molecule has 6 heteroatoms. The van der Waals surface area contributed by atoms with Crippen molar-refractivity contribution >= 4 is 5.97 Å². The molecule has 0 saturated heterocycles. The molecule has 1 unspecified atom stereocenters. The van der Waals surface area contributed by atoms with Crippen molar-refractivity contribution in [3.8, 4) is 17.2 Å². The molecule has 1 aliphatic heterocycles. The van der Waals surface area contributed by atoms with Crippen molar-refractivity contribution in [1.82, 2.24) is 0 Å². The van der Waals surface area contributed by atoms with Crippen molar-refractivity contribution in [2.75, 3.05) is 20.3 Å². The molecular weight excluding hydrogens is 276 g/mol. The van der Waals surface area contributed by atoms with Crippen LogP contribution in [-0.2, 0) is 9.47 Å². The van der Waals surface area contributed by atoms with Crippen LogP contribution in [0.4, 0.5) is 0 Å². The van der Waals surface area contributed by atoms with Gasteiger partial charge in [0.1, 0.15) is 6.61 Å². The standard InChI is InChI=1S/C15H18O6/c1-4-6-7-19-11-8-10(14(16)17-3)9-12-13(11)21-15(20-12)18-5-2/h4,6,8-9,15H,5,7H2,1-3H3/b6-4+. The third kappa shape index (κ3) is 3.46. The SMILES string of the molecule is C/C=C/COc1cc(C(=O)OC)cc2c1OC(OCC)O2. The van der Waals surface area contributed by atoms with Gasteiger partial charge in [-0.3, -0.25) is 0 Å². The first-order valence-electron chi connectivity index (χ1n) is 6.64. The number of carbonyl (C=O) groups is 1. The monoisotopic (exact) mass is 294 g/mol. The maximum absolute atomic E-state index is 11.7. The number of hydrogen-bond donors (Lipinski definition) is 0. The Morgan fingerprint density at radius 2 is 2.19 bits per heavy atom. The van der Waals surface area contributed by atoms with Gasteiger partial charge >= 0.3 is 12.4 Å². The van der Waals surface area contributed by atoms with Crippen LogP contribution >= 0.6 is 0 Å². The molecule has 0 spiro atoms. The average molecular weight is 294 g/mol. The van der Waals surface area contributed by atoms with Gasteiger partial charge in [-0.15, -0.1) is 0 Å². The molecule has 1 heterocycles. The topological polar surface area (TPSA) is 63.2 Å². The highest BCUT2D eigenvalue weighted by atomic mass is 16.9. The van der Waals surface area contributed by atoms with Gasteiger partial charge in [-0.05, 0) is 26.0 Å². The highest BCUT2D eigenvalue weighted by molar-refractivity contribution is 5.91. The van der Waals surface area contributed by atoms with Gasteiger partial charge in [0.15, 0.2) is 11.5 Å². The largest absolute Gasteiger partial charge is 0.485 e. The Balaban J connectivity index is 2.29. The van der Waals surface area contributed by atoms with Gasteiger partial charge in [0.05, 0.1) is 19.3 Å². The van der Waals surface area contributed by atoms with Crippen LogP contribution in [0.15, 0.2) is 24.3 Å². The van der Waals surface area contributed by atoms with E-state index < -0.39 is 12.4 Å². The van der Waals surface area contributed by atoms with Gasteiger partial charge in [0.2, 0.25) is 5.75 Å². The van der Waals surface area contributed by atoms with Crippen molar-refractivity contribution in [2.45, 2.75) is 20.3 Å². The summed E-state index contributed by atoms with van der Waals surface area (Å²) in [6, 6.07) is 3.11. The first kappa shape index (κ1) is 15.2. The zero-order chi connectivity index (χ0) is 15.2. The lowest BCUT2D eigenvalue weighted by Crippen LogP contribution is -2.21. The zero-order valence-corrected chi connectivity index (χ0v) is 12.3. The third-order valence-corrected chi connectivity index (χ3v) is 2.75. The van der Waals surface area contributed by atoms with E-state index in [1.54, 1.807) is 12.1 Å². The predicted octanol–water partition coefficient (Wildman–Crippen LogP) is 2.52. The number of carbonyl (C=O) groups excluding carboxylic acids is 1. The number of fused-ring (bicyclic) bond motifs is 1.